The highest BCUT2D eigenvalue weighted by atomic mass is 16.5. The summed E-state index contributed by atoms with van der Waals surface area (Å²) in [5.74, 6) is -0.619. The van der Waals surface area contributed by atoms with Gasteiger partial charge in [-0.1, -0.05) is 13.8 Å². The van der Waals surface area contributed by atoms with Crippen LogP contribution in [-0.2, 0) is 9.53 Å². The Hall–Kier alpha value is -2.37. The van der Waals surface area contributed by atoms with E-state index in [1.54, 1.807) is 18.2 Å². The van der Waals surface area contributed by atoms with Gasteiger partial charge < -0.3 is 10.1 Å². The second-order valence-electron chi connectivity index (χ2n) is 4.62. The molecule has 1 atom stereocenters. The Morgan fingerprint density at radius 1 is 1.45 bits per heavy atom. The number of nitrogens with zero attached hydrogens (tertiary/aromatic N) is 1. The van der Waals surface area contributed by atoms with E-state index in [2.05, 4.69) is 20.3 Å². The van der Waals surface area contributed by atoms with Crippen LogP contribution in [0.5, 0.6) is 0 Å². The van der Waals surface area contributed by atoms with Gasteiger partial charge in [-0.25, -0.2) is 4.79 Å². The van der Waals surface area contributed by atoms with Crippen molar-refractivity contribution in [1.82, 2.24) is 10.2 Å². The number of carbonyl (C=O) groups excluding carboxylic acids is 2. The molecule has 106 valence electrons. The first kappa shape index (κ1) is 14.0. The largest absolute Gasteiger partial charge is 0.464 e. The van der Waals surface area contributed by atoms with E-state index in [0.717, 1.165) is 6.42 Å². The van der Waals surface area contributed by atoms with Crippen LogP contribution in [0.25, 0.3) is 10.9 Å². The number of fused-ring (bicyclic) bond motifs is 1. The number of carbonyl (C=O) groups is 2. The number of hydrogen-bond acceptors (Lipinski definition) is 4. The molecule has 1 aromatic carbocycles. The highest BCUT2D eigenvalue weighted by molar-refractivity contribution is 6.04. The maximum absolute atomic E-state index is 11.9. The van der Waals surface area contributed by atoms with Gasteiger partial charge in [-0.15, -0.1) is 0 Å². The molecule has 1 amide bonds. The highest BCUT2D eigenvalue weighted by Gasteiger charge is 2.16. The smallest absolute Gasteiger partial charge is 0.359 e. The van der Waals surface area contributed by atoms with Gasteiger partial charge >= 0.3 is 5.97 Å². The molecule has 1 aromatic heterocycles. The van der Waals surface area contributed by atoms with Crippen molar-refractivity contribution in [2.45, 2.75) is 20.3 Å². The van der Waals surface area contributed by atoms with Crippen LogP contribution in [0.15, 0.2) is 18.2 Å². The van der Waals surface area contributed by atoms with E-state index < -0.39 is 5.97 Å². The van der Waals surface area contributed by atoms with Crippen molar-refractivity contribution in [2.75, 3.05) is 12.4 Å². The quantitative estimate of drug-likeness (QED) is 0.839. The van der Waals surface area contributed by atoms with Crippen molar-refractivity contribution in [2.24, 2.45) is 5.92 Å². The molecule has 6 nitrogen and oxygen atoms in total. The lowest BCUT2D eigenvalue weighted by Gasteiger charge is -2.09. The summed E-state index contributed by atoms with van der Waals surface area (Å²) in [6.07, 6.45) is 0.771. The average molecular weight is 275 g/mol. The van der Waals surface area contributed by atoms with Crippen LogP contribution in [0, 0.1) is 5.92 Å². The molecule has 0 fully saturated rings. The zero-order chi connectivity index (χ0) is 14.7. The maximum Gasteiger partial charge on any atom is 0.359 e. The van der Waals surface area contributed by atoms with Crippen LogP contribution in [-0.4, -0.2) is 29.2 Å². The molecule has 0 radical (unpaired) electrons. The predicted octanol–water partition coefficient (Wildman–Crippen LogP) is 2.33. The summed E-state index contributed by atoms with van der Waals surface area (Å²) in [7, 11) is 1.30. The standard InChI is InChI=1S/C14H17N3O3/c1-4-8(2)13(18)15-9-5-6-11-10(7-9)12(17-16-11)14(19)20-3/h5-8H,4H2,1-3H3,(H,15,18)(H,16,17). The zero-order valence-corrected chi connectivity index (χ0v) is 11.7. The summed E-state index contributed by atoms with van der Waals surface area (Å²) in [6, 6.07) is 5.24. The molecule has 0 aliphatic rings. The zero-order valence-electron chi connectivity index (χ0n) is 11.7. The SMILES string of the molecule is CCC(C)C(=O)Nc1ccc2[nH]nc(C(=O)OC)c2c1. The predicted molar refractivity (Wildman–Crippen MR) is 75.5 cm³/mol. The fraction of sp³-hybridized carbons (Fsp3) is 0.357. The first-order chi connectivity index (χ1) is 9.56. The molecular formula is C14H17N3O3. The number of benzene rings is 1. The second-order valence-corrected chi connectivity index (χ2v) is 4.62. The molecule has 1 heterocycles. The van der Waals surface area contributed by atoms with Crippen LogP contribution in [0.2, 0.25) is 0 Å². The molecule has 2 aromatic rings. The second kappa shape index (κ2) is 5.73. The van der Waals surface area contributed by atoms with Crippen LogP contribution in [0.1, 0.15) is 30.8 Å². The number of anilines is 1. The summed E-state index contributed by atoms with van der Waals surface area (Å²) in [5, 5.41) is 10.1. The third kappa shape index (κ3) is 2.64. The molecule has 0 saturated carbocycles. The minimum atomic E-state index is -0.512. The van der Waals surface area contributed by atoms with Gasteiger partial charge in [0.1, 0.15) is 0 Å². The van der Waals surface area contributed by atoms with Crippen molar-refractivity contribution in [3.8, 4) is 0 Å². The highest BCUT2D eigenvalue weighted by Crippen LogP contribution is 2.21. The number of aromatic nitrogens is 2. The number of ether oxygens (including phenoxy) is 1. The summed E-state index contributed by atoms with van der Waals surface area (Å²) in [5.41, 5.74) is 1.56. The number of aromatic amines is 1. The van der Waals surface area contributed by atoms with Crippen molar-refractivity contribution in [3.05, 3.63) is 23.9 Å². The molecular weight excluding hydrogens is 258 g/mol. The average Bonchev–Trinajstić information content (AvgIpc) is 2.88. The van der Waals surface area contributed by atoms with Crippen molar-refractivity contribution in [3.63, 3.8) is 0 Å². The number of nitrogens with one attached hydrogen (secondary N) is 2. The Balaban J connectivity index is 2.32. The van der Waals surface area contributed by atoms with Crippen LogP contribution >= 0.6 is 0 Å². The topological polar surface area (TPSA) is 84.1 Å². The Morgan fingerprint density at radius 3 is 2.85 bits per heavy atom. The Kier molecular flexibility index (Phi) is 4.02. The lowest BCUT2D eigenvalue weighted by molar-refractivity contribution is -0.119. The minimum Gasteiger partial charge on any atom is -0.464 e. The molecule has 0 aliphatic carbocycles. The first-order valence-corrected chi connectivity index (χ1v) is 6.44. The summed E-state index contributed by atoms with van der Waals surface area (Å²) in [4.78, 5) is 23.5. The number of rotatable bonds is 4. The summed E-state index contributed by atoms with van der Waals surface area (Å²) in [6.45, 7) is 3.82. The van der Waals surface area contributed by atoms with Gasteiger partial charge in [0, 0.05) is 17.0 Å². The summed E-state index contributed by atoms with van der Waals surface area (Å²) < 4.78 is 4.67. The lowest BCUT2D eigenvalue weighted by Crippen LogP contribution is -2.19. The number of esters is 1. The first-order valence-electron chi connectivity index (χ1n) is 6.44. The third-order valence-electron chi connectivity index (χ3n) is 3.27. The molecule has 20 heavy (non-hydrogen) atoms. The van der Waals surface area contributed by atoms with Crippen LogP contribution in [0.3, 0.4) is 0 Å². The van der Waals surface area contributed by atoms with Crippen molar-refractivity contribution >= 4 is 28.5 Å². The van der Waals surface area contributed by atoms with Crippen LogP contribution < -0.4 is 5.32 Å². The molecule has 0 bridgehead atoms. The lowest BCUT2D eigenvalue weighted by atomic mass is 10.1. The van der Waals surface area contributed by atoms with Crippen molar-refractivity contribution < 1.29 is 14.3 Å². The van der Waals surface area contributed by atoms with E-state index in [1.807, 2.05) is 13.8 Å². The molecule has 0 aliphatic heterocycles. The fourth-order valence-corrected chi connectivity index (χ4v) is 1.79. The van der Waals surface area contributed by atoms with Gasteiger partial charge in [-0.3, -0.25) is 9.89 Å². The van der Waals surface area contributed by atoms with Crippen molar-refractivity contribution in [1.29, 1.82) is 0 Å². The van der Waals surface area contributed by atoms with Gasteiger partial charge in [0.15, 0.2) is 5.69 Å². The minimum absolute atomic E-state index is 0.0463. The van der Waals surface area contributed by atoms with Gasteiger partial charge in [0.05, 0.1) is 12.6 Å². The van der Waals surface area contributed by atoms with E-state index in [-0.39, 0.29) is 17.5 Å². The van der Waals surface area contributed by atoms with Crippen LogP contribution in [0.4, 0.5) is 5.69 Å². The van der Waals surface area contributed by atoms with Gasteiger partial charge in [0.2, 0.25) is 5.91 Å². The maximum atomic E-state index is 11.9. The number of hydrogen-bond donors (Lipinski definition) is 2. The Bertz CT molecular complexity index is 648. The number of methoxy groups -OCH3 is 1. The van der Waals surface area contributed by atoms with E-state index in [9.17, 15) is 9.59 Å². The number of H-pyrrole nitrogens is 1. The summed E-state index contributed by atoms with van der Waals surface area (Å²) >= 11 is 0. The molecule has 2 rings (SSSR count). The van der Waals surface area contributed by atoms with E-state index in [4.69, 9.17) is 0 Å². The molecule has 0 spiro atoms. The van der Waals surface area contributed by atoms with E-state index in [0.29, 0.717) is 16.6 Å². The van der Waals surface area contributed by atoms with E-state index in [1.165, 1.54) is 7.11 Å². The molecule has 6 heteroatoms. The van der Waals surface area contributed by atoms with E-state index >= 15 is 0 Å². The fourth-order valence-electron chi connectivity index (χ4n) is 1.79. The third-order valence-corrected chi connectivity index (χ3v) is 3.27. The van der Waals surface area contributed by atoms with Gasteiger partial charge in [-0.05, 0) is 24.6 Å². The van der Waals surface area contributed by atoms with Gasteiger partial charge in [0.25, 0.3) is 0 Å². The van der Waals surface area contributed by atoms with Gasteiger partial charge in [-0.2, -0.15) is 5.10 Å². The molecule has 0 saturated heterocycles. The number of amides is 1. The molecule has 2 N–H and O–H groups in total. The molecule has 1 unspecified atom stereocenters. The Morgan fingerprint density at radius 2 is 2.20 bits per heavy atom. The monoisotopic (exact) mass is 275 g/mol. The Labute approximate surface area is 116 Å². The normalized spacial score (nSPS) is 12.2.